The van der Waals surface area contributed by atoms with E-state index in [1.807, 2.05) is 62.4 Å². The van der Waals surface area contributed by atoms with Gasteiger partial charge in [-0.25, -0.2) is 0 Å². The highest BCUT2D eigenvalue weighted by Crippen LogP contribution is 2.19. The number of ether oxygens (including phenoxy) is 1. The maximum atomic E-state index is 12.2. The van der Waals surface area contributed by atoms with E-state index in [1.54, 1.807) is 24.3 Å². The van der Waals surface area contributed by atoms with E-state index in [-0.39, 0.29) is 11.7 Å². The van der Waals surface area contributed by atoms with Gasteiger partial charge in [-0.15, -0.1) is 0 Å². The Morgan fingerprint density at radius 1 is 1.16 bits per heavy atom. The zero-order valence-corrected chi connectivity index (χ0v) is 14.3. The molecule has 126 valence electrons. The van der Waals surface area contributed by atoms with Crippen molar-refractivity contribution in [3.8, 4) is 11.8 Å². The molecular formula is C21H20N2O2. The van der Waals surface area contributed by atoms with E-state index < -0.39 is 5.91 Å². The van der Waals surface area contributed by atoms with E-state index in [4.69, 9.17) is 4.74 Å². The van der Waals surface area contributed by atoms with Crippen molar-refractivity contribution in [1.29, 1.82) is 5.26 Å². The minimum atomic E-state index is -0.457. The Morgan fingerprint density at radius 2 is 1.92 bits per heavy atom. The molecule has 0 aliphatic heterocycles. The Labute approximate surface area is 148 Å². The highest BCUT2D eigenvalue weighted by Gasteiger charge is 2.09. The Hall–Kier alpha value is -3.32. The van der Waals surface area contributed by atoms with Crippen LogP contribution >= 0.6 is 0 Å². The van der Waals surface area contributed by atoms with Crippen LogP contribution in [0.2, 0.25) is 0 Å². The number of carbonyl (C=O) groups is 1. The summed E-state index contributed by atoms with van der Waals surface area (Å²) >= 11 is 0. The molecule has 0 aliphatic carbocycles. The molecule has 0 atom stereocenters. The second-order valence-electron chi connectivity index (χ2n) is 5.61. The van der Waals surface area contributed by atoms with E-state index in [2.05, 4.69) is 5.32 Å². The lowest BCUT2D eigenvalue weighted by molar-refractivity contribution is -0.112. The second kappa shape index (κ2) is 9.09. The van der Waals surface area contributed by atoms with Crippen LogP contribution in [0.4, 0.5) is 5.69 Å². The Morgan fingerprint density at radius 3 is 2.60 bits per heavy atom. The third kappa shape index (κ3) is 6.00. The fourth-order valence-corrected chi connectivity index (χ4v) is 2.10. The van der Waals surface area contributed by atoms with Gasteiger partial charge in [-0.05, 0) is 37.6 Å². The Bertz CT molecular complexity index is 815. The molecule has 0 aliphatic rings. The first-order valence-electron chi connectivity index (χ1n) is 8.00. The number of hydrogen-bond acceptors (Lipinski definition) is 3. The molecule has 1 amide bonds. The summed E-state index contributed by atoms with van der Waals surface area (Å²) in [5.74, 6) is 0.209. The van der Waals surface area contributed by atoms with Crippen molar-refractivity contribution in [3.63, 3.8) is 0 Å². The lowest BCUT2D eigenvalue weighted by Gasteiger charge is -2.11. The topological polar surface area (TPSA) is 62.1 Å². The van der Waals surface area contributed by atoms with Crippen molar-refractivity contribution in [2.75, 3.05) is 5.32 Å². The highest BCUT2D eigenvalue weighted by molar-refractivity contribution is 6.06. The van der Waals surface area contributed by atoms with Crippen LogP contribution in [0.3, 0.4) is 0 Å². The molecule has 25 heavy (non-hydrogen) atoms. The van der Waals surface area contributed by atoms with Gasteiger partial charge >= 0.3 is 0 Å². The molecule has 2 aromatic rings. The summed E-state index contributed by atoms with van der Waals surface area (Å²) in [7, 11) is 0. The fraction of sp³-hybridized carbons (Fsp3) is 0.143. The van der Waals surface area contributed by atoms with Crippen molar-refractivity contribution in [2.45, 2.75) is 20.0 Å². The minimum Gasteiger partial charge on any atom is -0.491 e. The first-order chi connectivity index (χ1) is 12.1. The van der Waals surface area contributed by atoms with Crippen LogP contribution in [0.25, 0.3) is 6.08 Å². The monoisotopic (exact) mass is 332 g/mol. The number of nitriles is 1. The molecule has 4 heteroatoms. The summed E-state index contributed by atoms with van der Waals surface area (Å²) in [5, 5.41) is 11.9. The van der Waals surface area contributed by atoms with Crippen LogP contribution in [0, 0.1) is 11.3 Å². The van der Waals surface area contributed by atoms with Gasteiger partial charge < -0.3 is 10.1 Å². The molecular weight excluding hydrogens is 312 g/mol. The zero-order valence-electron chi connectivity index (χ0n) is 14.3. The summed E-state index contributed by atoms with van der Waals surface area (Å²) in [6, 6.07) is 18.7. The molecule has 0 aromatic heterocycles. The van der Waals surface area contributed by atoms with Crippen molar-refractivity contribution in [2.24, 2.45) is 0 Å². The van der Waals surface area contributed by atoms with Gasteiger partial charge in [-0.2, -0.15) is 5.26 Å². The summed E-state index contributed by atoms with van der Waals surface area (Å²) in [6.45, 7) is 3.86. The summed E-state index contributed by atoms with van der Waals surface area (Å²) < 4.78 is 5.60. The summed E-state index contributed by atoms with van der Waals surface area (Å²) in [4.78, 5) is 12.2. The number of allylic oxidation sites excluding steroid dienone is 2. The van der Waals surface area contributed by atoms with E-state index in [0.29, 0.717) is 11.4 Å². The van der Waals surface area contributed by atoms with Crippen molar-refractivity contribution >= 4 is 17.7 Å². The van der Waals surface area contributed by atoms with Gasteiger partial charge in [0, 0.05) is 11.8 Å². The Kier molecular flexibility index (Phi) is 6.56. The molecule has 0 saturated carbocycles. The predicted octanol–water partition coefficient (Wildman–Crippen LogP) is 4.58. The average Bonchev–Trinajstić information content (AvgIpc) is 2.59. The van der Waals surface area contributed by atoms with Crippen LogP contribution in [0.5, 0.6) is 5.75 Å². The van der Waals surface area contributed by atoms with Crippen LogP contribution in [0.15, 0.2) is 72.3 Å². The van der Waals surface area contributed by atoms with Crippen molar-refractivity contribution < 1.29 is 9.53 Å². The van der Waals surface area contributed by atoms with Gasteiger partial charge in [-0.1, -0.05) is 48.6 Å². The summed E-state index contributed by atoms with van der Waals surface area (Å²) in [6.07, 6.45) is 5.06. The van der Waals surface area contributed by atoms with Gasteiger partial charge in [-0.3, -0.25) is 4.79 Å². The summed E-state index contributed by atoms with van der Waals surface area (Å²) in [5.41, 5.74) is 1.61. The standard InChI is InChI=1S/C21H20N2O2/c1-16(2)25-20-13-7-12-19(14-20)23-21(24)18(15-22)11-6-10-17-8-4-3-5-9-17/h3-14,16H,1-2H3,(H,23,24)/b10-6+,18-11-. The molecule has 2 rings (SSSR count). The SMILES string of the molecule is CC(C)Oc1cccc(NC(=O)/C(C#N)=C\C=C\c2ccccc2)c1. The van der Waals surface area contributed by atoms with Gasteiger partial charge in [0.15, 0.2) is 0 Å². The number of rotatable bonds is 6. The predicted molar refractivity (Wildman–Crippen MR) is 100 cm³/mol. The van der Waals surface area contributed by atoms with Gasteiger partial charge in [0.25, 0.3) is 5.91 Å². The third-order valence-electron chi connectivity index (χ3n) is 3.18. The molecule has 0 spiro atoms. The molecule has 0 bridgehead atoms. The minimum absolute atomic E-state index is 0.0300. The molecule has 0 unspecified atom stereocenters. The van der Waals surface area contributed by atoms with Gasteiger partial charge in [0.05, 0.1) is 6.10 Å². The van der Waals surface area contributed by atoms with Crippen LogP contribution in [-0.2, 0) is 4.79 Å². The number of hydrogen-bond donors (Lipinski definition) is 1. The number of nitrogens with zero attached hydrogens (tertiary/aromatic N) is 1. The van der Waals surface area contributed by atoms with Crippen LogP contribution in [-0.4, -0.2) is 12.0 Å². The lowest BCUT2D eigenvalue weighted by Crippen LogP contribution is -2.13. The first kappa shape index (κ1) is 18.0. The van der Waals surface area contributed by atoms with Crippen LogP contribution in [0.1, 0.15) is 19.4 Å². The maximum absolute atomic E-state index is 12.2. The number of nitrogens with one attached hydrogen (secondary N) is 1. The van der Waals surface area contributed by atoms with Gasteiger partial charge in [0.1, 0.15) is 17.4 Å². The highest BCUT2D eigenvalue weighted by atomic mass is 16.5. The second-order valence-corrected chi connectivity index (χ2v) is 5.61. The maximum Gasteiger partial charge on any atom is 0.266 e. The van der Waals surface area contributed by atoms with Crippen molar-refractivity contribution in [3.05, 3.63) is 77.9 Å². The molecule has 2 aromatic carbocycles. The third-order valence-corrected chi connectivity index (χ3v) is 3.18. The van der Waals surface area contributed by atoms with Crippen LogP contribution < -0.4 is 10.1 Å². The van der Waals surface area contributed by atoms with Gasteiger partial charge in [0.2, 0.25) is 0 Å². The number of anilines is 1. The molecule has 0 radical (unpaired) electrons. The molecule has 0 heterocycles. The lowest BCUT2D eigenvalue weighted by atomic mass is 10.2. The number of amides is 1. The largest absolute Gasteiger partial charge is 0.491 e. The fourth-order valence-electron chi connectivity index (χ4n) is 2.10. The van der Waals surface area contributed by atoms with E-state index >= 15 is 0 Å². The molecule has 4 nitrogen and oxygen atoms in total. The first-order valence-corrected chi connectivity index (χ1v) is 8.00. The zero-order chi connectivity index (χ0) is 18.1. The molecule has 0 saturated heterocycles. The molecule has 0 fully saturated rings. The Balaban J connectivity index is 2.06. The van der Waals surface area contributed by atoms with E-state index in [0.717, 1.165) is 5.56 Å². The average molecular weight is 332 g/mol. The van der Waals surface area contributed by atoms with E-state index in [9.17, 15) is 10.1 Å². The van der Waals surface area contributed by atoms with E-state index in [1.165, 1.54) is 6.08 Å². The van der Waals surface area contributed by atoms with Crippen molar-refractivity contribution in [1.82, 2.24) is 0 Å². The number of carbonyl (C=O) groups excluding carboxylic acids is 1. The quantitative estimate of drug-likeness (QED) is 0.478. The number of benzene rings is 2. The molecule has 1 N–H and O–H groups in total. The normalized spacial score (nSPS) is 11.4. The smallest absolute Gasteiger partial charge is 0.266 e.